The first kappa shape index (κ1) is 14.1. The summed E-state index contributed by atoms with van der Waals surface area (Å²) >= 11 is 0. The Balaban J connectivity index is 2.72. The van der Waals surface area contributed by atoms with Gasteiger partial charge in [0.15, 0.2) is 15.7 Å². The number of rotatable bonds is 6. The average Bonchev–Trinajstić information content (AvgIpc) is 2.63. The van der Waals surface area contributed by atoms with Crippen molar-refractivity contribution in [1.29, 1.82) is 0 Å². The molecule has 98 valence electrons. The van der Waals surface area contributed by atoms with E-state index in [-0.39, 0.29) is 18.1 Å². The summed E-state index contributed by atoms with van der Waals surface area (Å²) in [5.74, 6) is 0.419. The molecule has 0 fully saturated rings. The van der Waals surface area contributed by atoms with Gasteiger partial charge in [-0.2, -0.15) is 4.98 Å². The summed E-state index contributed by atoms with van der Waals surface area (Å²) in [6, 6.07) is 0. The molecular weight excluding hydrogens is 244 g/mol. The third-order valence-corrected chi connectivity index (χ3v) is 4.02. The van der Waals surface area contributed by atoms with Crippen molar-refractivity contribution >= 4 is 9.84 Å². The van der Waals surface area contributed by atoms with Gasteiger partial charge in [-0.05, 0) is 13.3 Å². The van der Waals surface area contributed by atoms with Crippen molar-refractivity contribution in [2.24, 2.45) is 0 Å². The first-order valence-corrected chi connectivity index (χ1v) is 7.49. The molecule has 0 saturated heterocycles. The number of hydrogen-bond donors (Lipinski definition) is 1. The van der Waals surface area contributed by atoms with Crippen LogP contribution in [0.3, 0.4) is 0 Å². The second kappa shape index (κ2) is 5.59. The molecule has 1 aromatic rings. The van der Waals surface area contributed by atoms with Gasteiger partial charge < -0.3 is 9.63 Å². The van der Waals surface area contributed by atoms with Crippen LogP contribution in [0.1, 0.15) is 43.7 Å². The molecule has 0 aliphatic rings. The van der Waals surface area contributed by atoms with E-state index in [0.29, 0.717) is 6.42 Å². The number of hydrogen-bond acceptors (Lipinski definition) is 6. The molecule has 0 amide bonds. The Bertz CT molecular complexity index is 455. The first-order chi connectivity index (χ1) is 7.84. The Morgan fingerprint density at radius 2 is 2.12 bits per heavy atom. The summed E-state index contributed by atoms with van der Waals surface area (Å²) in [5.41, 5.74) is 0. The normalized spacial score (nSPS) is 15.8. The SMILES string of the molecule is CCCC(O)Cc1nc(C(C)S(C)(=O)=O)no1. The molecule has 0 radical (unpaired) electrons. The van der Waals surface area contributed by atoms with E-state index >= 15 is 0 Å². The molecule has 0 aromatic carbocycles. The Kier molecular flexibility index (Phi) is 4.64. The van der Waals surface area contributed by atoms with Crippen LogP contribution in [0.5, 0.6) is 0 Å². The van der Waals surface area contributed by atoms with Gasteiger partial charge >= 0.3 is 0 Å². The summed E-state index contributed by atoms with van der Waals surface area (Å²) in [6.07, 6.45) is 2.37. The van der Waals surface area contributed by atoms with E-state index in [1.807, 2.05) is 6.92 Å². The monoisotopic (exact) mass is 262 g/mol. The van der Waals surface area contributed by atoms with Crippen LogP contribution in [0, 0.1) is 0 Å². The lowest BCUT2D eigenvalue weighted by Crippen LogP contribution is -2.11. The highest BCUT2D eigenvalue weighted by Gasteiger charge is 2.23. The smallest absolute Gasteiger partial charge is 0.229 e. The fourth-order valence-electron chi connectivity index (χ4n) is 1.34. The van der Waals surface area contributed by atoms with Gasteiger partial charge in [-0.3, -0.25) is 0 Å². The molecule has 1 rings (SSSR count). The Morgan fingerprint density at radius 3 is 2.65 bits per heavy atom. The number of aliphatic hydroxyl groups excluding tert-OH is 1. The van der Waals surface area contributed by atoms with Crippen molar-refractivity contribution in [2.45, 2.75) is 44.5 Å². The third kappa shape index (κ3) is 4.08. The summed E-state index contributed by atoms with van der Waals surface area (Å²) in [7, 11) is -3.23. The lowest BCUT2D eigenvalue weighted by molar-refractivity contribution is 0.151. The molecule has 0 bridgehead atoms. The molecule has 2 unspecified atom stereocenters. The number of sulfone groups is 1. The van der Waals surface area contributed by atoms with Gasteiger partial charge in [0.25, 0.3) is 0 Å². The van der Waals surface area contributed by atoms with E-state index in [4.69, 9.17) is 4.52 Å². The van der Waals surface area contributed by atoms with Gasteiger partial charge in [0.2, 0.25) is 5.89 Å². The molecule has 6 nitrogen and oxygen atoms in total. The molecule has 1 N–H and O–H groups in total. The zero-order valence-corrected chi connectivity index (χ0v) is 11.1. The summed E-state index contributed by atoms with van der Waals surface area (Å²) in [6.45, 7) is 3.47. The minimum atomic E-state index is -3.23. The van der Waals surface area contributed by atoms with Crippen LogP contribution in [0.2, 0.25) is 0 Å². The van der Waals surface area contributed by atoms with E-state index in [9.17, 15) is 13.5 Å². The van der Waals surface area contributed by atoms with Crippen LogP contribution >= 0.6 is 0 Å². The fraction of sp³-hybridized carbons (Fsp3) is 0.800. The summed E-state index contributed by atoms with van der Waals surface area (Å²) in [4.78, 5) is 3.98. The van der Waals surface area contributed by atoms with Crippen molar-refractivity contribution in [3.63, 3.8) is 0 Å². The largest absolute Gasteiger partial charge is 0.393 e. The highest BCUT2D eigenvalue weighted by atomic mass is 32.2. The number of aliphatic hydroxyl groups is 1. The first-order valence-electron chi connectivity index (χ1n) is 5.54. The van der Waals surface area contributed by atoms with Crippen molar-refractivity contribution in [2.75, 3.05) is 6.26 Å². The lowest BCUT2D eigenvalue weighted by Gasteiger charge is -2.04. The van der Waals surface area contributed by atoms with E-state index in [0.717, 1.165) is 12.7 Å². The molecular formula is C10H18N2O4S. The van der Waals surface area contributed by atoms with Gasteiger partial charge in [0.05, 0.1) is 12.5 Å². The second-order valence-corrected chi connectivity index (χ2v) is 6.53. The topological polar surface area (TPSA) is 93.3 Å². The summed E-state index contributed by atoms with van der Waals surface area (Å²) < 4.78 is 27.5. The number of nitrogens with zero attached hydrogens (tertiary/aromatic N) is 2. The molecule has 0 saturated carbocycles. The molecule has 17 heavy (non-hydrogen) atoms. The van der Waals surface area contributed by atoms with Crippen LogP contribution in [0.25, 0.3) is 0 Å². The van der Waals surface area contributed by atoms with Crippen LogP contribution < -0.4 is 0 Å². The van der Waals surface area contributed by atoms with Crippen LogP contribution in [-0.4, -0.2) is 36.0 Å². The van der Waals surface area contributed by atoms with Gasteiger partial charge in [-0.25, -0.2) is 8.42 Å². The minimum absolute atomic E-state index is 0.145. The molecule has 0 aliphatic heterocycles. The predicted octanol–water partition coefficient (Wildman–Crippen LogP) is 0.879. The molecule has 1 heterocycles. The van der Waals surface area contributed by atoms with Crippen LogP contribution in [0.4, 0.5) is 0 Å². The van der Waals surface area contributed by atoms with Gasteiger partial charge in [-0.1, -0.05) is 18.5 Å². The molecule has 0 aliphatic carbocycles. The van der Waals surface area contributed by atoms with E-state index < -0.39 is 21.2 Å². The average molecular weight is 262 g/mol. The highest BCUT2D eigenvalue weighted by molar-refractivity contribution is 7.90. The quantitative estimate of drug-likeness (QED) is 0.818. The van der Waals surface area contributed by atoms with Crippen molar-refractivity contribution < 1.29 is 18.0 Å². The molecule has 7 heteroatoms. The van der Waals surface area contributed by atoms with Gasteiger partial charge in [0, 0.05) is 6.26 Å². The van der Waals surface area contributed by atoms with Crippen LogP contribution in [-0.2, 0) is 16.3 Å². The van der Waals surface area contributed by atoms with E-state index in [2.05, 4.69) is 10.1 Å². The Hall–Kier alpha value is -0.950. The number of aromatic nitrogens is 2. The lowest BCUT2D eigenvalue weighted by atomic mass is 10.1. The zero-order valence-electron chi connectivity index (χ0n) is 10.3. The third-order valence-electron chi connectivity index (χ3n) is 2.52. The van der Waals surface area contributed by atoms with Gasteiger partial charge in [-0.15, -0.1) is 0 Å². The molecule has 0 spiro atoms. The zero-order chi connectivity index (χ0) is 13.1. The predicted molar refractivity (Wildman–Crippen MR) is 62.2 cm³/mol. The van der Waals surface area contributed by atoms with E-state index in [1.54, 1.807) is 0 Å². The molecule has 1 aromatic heterocycles. The van der Waals surface area contributed by atoms with Crippen molar-refractivity contribution in [1.82, 2.24) is 10.1 Å². The van der Waals surface area contributed by atoms with Crippen LogP contribution in [0.15, 0.2) is 4.52 Å². The maximum absolute atomic E-state index is 11.3. The van der Waals surface area contributed by atoms with Crippen molar-refractivity contribution in [3.05, 3.63) is 11.7 Å². The maximum Gasteiger partial charge on any atom is 0.229 e. The highest BCUT2D eigenvalue weighted by Crippen LogP contribution is 2.18. The Labute approximate surface area is 101 Å². The minimum Gasteiger partial charge on any atom is -0.393 e. The van der Waals surface area contributed by atoms with Gasteiger partial charge in [0.1, 0.15) is 5.25 Å². The van der Waals surface area contributed by atoms with E-state index in [1.165, 1.54) is 6.92 Å². The van der Waals surface area contributed by atoms with Crippen molar-refractivity contribution in [3.8, 4) is 0 Å². The molecule has 2 atom stereocenters. The maximum atomic E-state index is 11.3. The summed E-state index contributed by atoms with van der Waals surface area (Å²) in [5, 5.41) is 12.4. The fourth-order valence-corrected chi connectivity index (χ4v) is 1.82. The Morgan fingerprint density at radius 1 is 1.47 bits per heavy atom. The second-order valence-electron chi connectivity index (χ2n) is 4.16. The standard InChI is InChI=1S/C10H18N2O4S/c1-4-5-8(13)6-9-11-10(12-16-9)7(2)17(3,14)15/h7-8,13H,4-6H2,1-3H3.